The maximum atomic E-state index is 11.7. The van der Waals surface area contributed by atoms with Gasteiger partial charge in [-0.1, -0.05) is 0 Å². The first kappa shape index (κ1) is 13.0. The molecule has 1 aromatic rings. The number of nitrogens with one attached hydrogen (secondary N) is 1. The zero-order chi connectivity index (χ0) is 13.1. The quantitative estimate of drug-likeness (QED) is 0.633. The Morgan fingerprint density at radius 2 is 2.39 bits per heavy atom. The van der Waals surface area contributed by atoms with Crippen LogP contribution in [0.1, 0.15) is 30.1 Å². The molecule has 1 aliphatic rings. The second-order valence-corrected chi connectivity index (χ2v) is 4.43. The second kappa shape index (κ2) is 5.49. The molecule has 1 aromatic heterocycles. The molecule has 0 aliphatic heterocycles. The van der Waals surface area contributed by atoms with Gasteiger partial charge in [-0.05, 0) is 31.4 Å². The third kappa shape index (κ3) is 2.88. The number of aliphatic hydroxyl groups excluding tert-OH is 1. The summed E-state index contributed by atoms with van der Waals surface area (Å²) in [5.74, 6) is -0.137. The van der Waals surface area contributed by atoms with Crippen molar-refractivity contribution in [2.24, 2.45) is 0 Å². The minimum Gasteiger partial charge on any atom is -0.462 e. The molecule has 0 saturated heterocycles. The summed E-state index contributed by atoms with van der Waals surface area (Å²) in [5.41, 5.74) is 0.252. The summed E-state index contributed by atoms with van der Waals surface area (Å²) in [6.07, 6.45) is 2.31. The highest BCUT2D eigenvalue weighted by Gasteiger charge is 2.29. The van der Waals surface area contributed by atoms with Gasteiger partial charge < -0.3 is 15.2 Å². The maximum absolute atomic E-state index is 11.7. The maximum Gasteiger partial charge on any atom is 0.343 e. The largest absolute Gasteiger partial charge is 0.462 e. The molecule has 18 heavy (non-hydrogen) atoms. The number of nitrogens with zero attached hydrogens (tertiary/aromatic N) is 2. The molecule has 1 aliphatic carbocycles. The average molecular weight is 272 g/mol. The lowest BCUT2D eigenvalue weighted by atomic mass is 9.89. The van der Waals surface area contributed by atoms with Crippen LogP contribution >= 0.6 is 11.6 Å². The first-order chi connectivity index (χ1) is 8.60. The third-order valence-electron chi connectivity index (χ3n) is 2.71. The molecule has 0 radical (unpaired) electrons. The van der Waals surface area contributed by atoms with E-state index < -0.39 is 5.97 Å². The van der Waals surface area contributed by atoms with Crippen LogP contribution in [0, 0.1) is 0 Å². The number of aromatic nitrogens is 2. The van der Waals surface area contributed by atoms with E-state index in [4.69, 9.17) is 16.3 Å². The van der Waals surface area contributed by atoms with Crippen LogP contribution in [-0.4, -0.2) is 39.8 Å². The highest BCUT2D eigenvalue weighted by Crippen LogP contribution is 2.25. The molecule has 1 fully saturated rings. The van der Waals surface area contributed by atoms with E-state index >= 15 is 0 Å². The molecule has 7 heteroatoms. The molecule has 2 N–H and O–H groups in total. The van der Waals surface area contributed by atoms with Crippen molar-refractivity contribution < 1.29 is 14.6 Å². The predicted molar refractivity (Wildman–Crippen MR) is 65.7 cm³/mol. The van der Waals surface area contributed by atoms with Crippen molar-refractivity contribution in [2.45, 2.75) is 31.9 Å². The molecular formula is C11H14ClN3O3. The summed E-state index contributed by atoms with van der Waals surface area (Å²) < 4.78 is 4.91. The van der Waals surface area contributed by atoms with Gasteiger partial charge in [0.1, 0.15) is 11.4 Å². The second-order valence-electron chi connectivity index (χ2n) is 4.09. The van der Waals surface area contributed by atoms with Crippen molar-refractivity contribution in [1.82, 2.24) is 9.97 Å². The van der Waals surface area contributed by atoms with Crippen LogP contribution in [-0.2, 0) is 4.74 Å². The summed E-state index contributed by atoms with van der Waals surface area (Å²) in [5, 5.41) is 12.3. The monoisotopic (exact) mass is 271 g/mol. The molecule has 0 atom stereocenters. The molecule has 0 amide bonds. The third-order valence-corrected chi connectivity index (χ3v) is 2.89. The lowest BCUT2D eigenvalue weighted by Gasteiger charge is -2.32. The smallest absolute Gasteiger partial charge is 0.343 e. The van der Waals surface area contributed by atoms with Gasteiger partial charge in [-0.25, -0.2) is 9.78 Å². The number of aliphatic hydroxyl groups is 1. The molecule has 2 rings (SSSR count). The number of carbonyl (C=O) groups is 1. The first-order valence-electron chi connectivity index (χ1n) is 5.74. The van der Waals surface area contributed by atoms with Crippen LogP contribution in [0.2, 0.25) is 5.28 Å². The van der Waals surface area contributed by atoms with E-state index in [2.05, 4.69) is 15.3 Å². The predicted octanol–water partition coefficient (Wildman–Crippen LogP) is 1.24. The molecule has 1 saturated carbocycles. The minimum atomic E-state index is -0.489. The zero-order valence-corrected chi connectivity index (χ0v) is 10.6. The van der Waals surface area contributed by atoms with Crippen LogP contribution in [0.15, 0.2) is 6.20 Å². The lowest BCUT2D eigenvalue weighted by molar-refractivity contribution is 0.0526. The summed E-state index contributed by atoms with van der Waals surface area (Å²) in [4.78, 5) is 19.5. The number of halogens is 1. The highest BCUT2D eigenvalue weighted by atomic mass is 35.5. The normalized spacial score (nSPS) is 22.2. The number of hydrogen-bond acceptors (Lipinski definition) is 6. The fourth-order valence-corrected chi connectivity index (χ4v) is 1.86. The van der Waals surface area contributed by atoms with Crippen molar-refractivity contribution >= 4 is 23.4 Å². The van der Waals surface area contributed by atoms with E-state index in [1.165, 1.54) is 6.20 Å². The van der Waals surface area contributed by atoms with Gasteiger partial charge in [0.2, 0.25) is 5.28 Å². The molecule has 0 bridgehead atoms. The Kier molecular flexibility index (Phi) is 3.98. The van der Waals surface area contributed by atoms with Gasteiger partial charge >= 0.3 is 5.97 Å². The van der Waals surface area contributed by atoms with Crippen LogP contribution < -0.4 is 5.32 Å². The van der Waals surface area contributed by atoms with E-state index in [1.807, 2.05) is 0 Å². The molecule has 0 unspecified atom stereocenters. The topological polar surface area (TPSA) is 84.3 Å². The number of anilines is 1. The zero-order valence-electron chi connectivity index (χ0n) is 9.89. The summed E-state index contributed by atoms with van der Waals surface area (Å²) in [7, 11) is 0. The minimum absolute atomic E-state index is 0.0606. The van der Waals surface area contributed by atoms with Gasteiger partial charge in [-0.15, -0.1) is 0 Å². The summed E-state index contributed by atoms with van der Waals surface area (Å²) in [6.45, 7) is 2.01. The van der Waals surface area contributed by atoms with Gasteiger partial charge in [-0.2, -0.15) is 4.98 Å². The fourth-order valence-electron chi connectivity index (χ4n) is 1.73. The van der Waals surface area contributed by atoms with Crippen LogP contribution in [0.4, 0.5) is 5.82 Å². The van der Waals surface area contributed by atoms with Crippen LogP contribution in [0.3, 0.4) is 0 Å². The van der Waals surface area contributed by atoms with E-state index in [9.17, 15) is 9.90 Å². The number of esters is 1. The molecule has 98 valence electrons. The highest BCUT2D eigenvalue weighted by molar-refractivity contribution is 6.28. The fraction of sp³-hybridized carbons (Fsp3) is 0.545. The van der Waals surface area contributed by atoms with Gasteiger partial charge in [0, 0.05) is 12.2 Å². The van der Waals surface area contributed by atoms with Crippen molar-refractivity contribution in [2.75, 3.05) is 11.9 Å². The van der Waals surface area contributed by atoms with E-state index in [-0.39, 0.29) is 29.6 Å². The van der Waals surface area contributed by atoms with Crippen molar-refractivity contribution in [1.29, 1.82) is 0 Å². The lowest BCUT2D eigenvalue weighted by Crippen LogP contribution is -2.39. The average Bonchev–Trinajstić information content (AvgIpc) is 2.27. The Labute approximate surface area is 109 Å². The van der Waals surface area contributed by atoms with Gasteiger partial charge in [-0.3, -0.25) is 0 Å². The SMILES string of the molecule is CCOC(=O)c1cnc(Cl)nc1NC1CC(O)C1. The number of rotatable bonds is 4. The van der Waals surface area contributed by atoms with Gasteiger partial charge in [0.15, 0.2) is 0 Å². The molecule has 0 spiro atoms. The Morgan fingerprint density at radius 1 is 1.67 bits per heavy atom. The Hall–Kier alpha value is -1.40. The standard InChI is InChI=1S/C11H14ClN3O3/c1-2-18-10(17)8-5-13-11(12)15-9(8)14-6-3-7(16)4-6/h5-7,16H,2-4H2,1H3,(H,13,14,15). The number of ether oxygens (including phenoxy) is 1. The Bertz CT molecular complexity index is 449. The molecular weight excluding hydrogens is 258 g/mol. The van der Waals surface area contributed by atoms with Crippen LogP contribution in [0.25, 0.3) is 0 Å². The Morgan fingerprint density at radius 3 is 3.00 bits per heavy atom. The van der Waals surface area contributed by atoms with Crippen molar-refractivity contribution in [3.63, 3.8) is 0 Å². The Balaban J connectivity index is 2.15. The number of carbonyl (C=O) groups excluding carboxylic acids is 1. The van der Waals surface area contributed by atoms with Crippen LogP contribution in [0.5, 0.6) is 0 Å². The molecule has 1 heterocycles. The van der Waals surface area contributed by atoms with Gasteiger partial charge in [0.05, 0.1) is 12.7 Å². The van der Waals surface area contributed by atoms with E-state index in [1.54, 1.807) is 6.92 Å². The summed E-state index contributed by atoms with van der Waals surface area (Å²) in [6, 6.07) is 0.0964. The van der Waals surface area contributed by atoms with Crippen molar-refractivity contribution in [3.8, 4) is 0 Å². The summed E-state index contributed by atoms with van der Waals surface area (Å²) >= 11 is 5.71. The molecule has 0 aromatic carbocycles. The molecule has 6 nitrogen and oxygen atoms in total. The number of hydrogen-bond donors (Lipinski definition) is 2. The van der Waals surface area contributed by atoms with Gasteiger partial charge in [0.25, 0.3) is 0 Å². The van der Waals surface area contributed by atoms with Crippen molar-refractivity contribution in [3.05, 3.63) is 17.0 Å². The van der Waals surface area contributed by atoms with E-state index in [0.29, 0.717) is 18.7 Å². The van der Waals surface area contributed by atoms with E-state index in [0.717, 1.165) is 0 Å². The first-order valence-corrected chi connectivity index (χ1v) is 6.12.